The van der Waals surface area contributed by atoms with Gasteiger partial charge in [0, 0.05) is 44.5 Å². The van der Waals surface area contributed by atoms with Crippen LogP contribution in [0.25, 0.3) is 33.8 Å². The average molecular weight is 591 g/mol. The number of hydrogen-bond donors (Lipinski definition) is 1. The van der Waals surface area contributed by atoms with Gasteiger partial charge < -0.3 is 14.4 Å². The van der Waals surface area contributed by atoms with E-state index in [1.807, 2.05) is 17.0 Å². The maximum Gasteiger partial charge on any atom is 0.439 e. The Morgan fingerprint density at radius 2 is 1.88 bits per heavy atom. The molecule has 2 atom stereocenters. The summed E-state index contributed by atoms with van der Waals surface area (Å²) in [4.78, 5) is 46.1. The van der Waals surface area contributed by atoms with Crippen molar-refractivity contribution in [3.8, 4) is 22.8 Å². The van der Waals surface area contributed by atoms with Crippen molar-refractivity contribution in [2.75, 3.05) is 18.0 Å². The molecule has 3 aliphatic rings. The number of halogens is 1. The maximum atomic E-state index is 12.5. The zero-order chi connectivity index (χ0) is 29.0. The summed E-state index contributed by atoms with van der Waals surface area (Å²) in [6.07, 6.45) is 11.3. The summed E-state index contributed by atoms with van der Waals surface area (Å²) < 4.78 is 7.16. The van der Waals surface area contributed by atoms with Crippen LogP contribution in [0.15, 0.2) is 33.8 Å². The van der Waals surface area contributed by atoms with Crippen molar-refractivity contribution in [2.24, 2.45) is 11.8 Å². The van der Waals surface area contributed by atoms with E-state index in [1.165, 1.54) is 25.7 Å². The minimum Gasteiger partial charge on any atom is -0.336 e. The normalized spacial score (nSPS) is 24.4. The van der Waals surface area contributed by atoms with E-state index in [9.17, 15) is 9.59 Å². The van der Waals surface area contributed by atoms with E-state index < -0.39 is 5.76 Å². The van der Waals surface area contributed by atoms with E-state index in [2.05, 4.69) is 31.5 Å². The van der Waals surface area contributed by atoms with E-state index in [1.54, 1.807) is 19.3 Å². The number of hydrogen-bond acceptors (Lipinski definition) is 8. The van der Waals surface area contributed by atoms with Gasteiger partial charge in [0.2, 0.25) is 17.7 Å². The Hall–Kier alpha value is -3.73. The number of amides is 1. The molecule has 2 saturated carbocycles. The van der Waals surface area contributed by atoms with Crippen LogP contribution in [0.5, 0.6) is 0 Å². The number of nitrogens with zero attached hydrogens (tertiary/aromatic N) is 7. The molecule has 3 fully saturated rings. The molecule has 220 valence electrons. The fourth-order valence-electron chi connectivity index (χ4n) is 7.34. The molecule has 42 heavy (non-hydrogen) atoms. The molecule has 0 unspecified atom stereocenters. The number of carbonyl (C=O) groups excluding carboxylic acids is 1. The Labute approximate surface area is 248 Å². The summed E-state index contributed by atoms with van der Waals surface area (Å²) in [5.74, 6) is 1.91. The van der Waals surface area contributed by atoms with Crippen LogP contribution in [0.4, 0.5) is 5.95 Å². The highest BCUT2D eigenvalue weighted by molar-refractivity contribution is 6.30. The lowest BCUT2D eigenvalue weighted by atomic mass is 9.83. The lowest BCUT2D eigenvalue weighted by molar-refractivity contribution is -0.132. The molecule has 2 aliphatic carbocycles. The Balaban J connectivity index is 1.43. The predicted molar refractivity (Wildman–Crippen MR) is 159 cm³/mol. The number of carbonyl (C=O) groups is 1. The summed E-state index contributed by atoms with van der Waals surface area (Å²) in [5, 5.41) is 4.41. The summed E-state index contributed by atoms with van der Waals surface area (Å²) in [7, 11) is 0. The lowest BCUT2D eigenvalue weighted by Crippen LogP contribution is -2.59. The van der Waals surface area contributed by atoms with Crippen LogP contribution in [0.3, 0.4) is 0 Å². The summed E-state index contributed by atoms with van der Waals surface area (Å²) >= 11 is 6.41. The third kappa shape index (κ3) is 4.87. The van der Waals surface area contributed by atoms with Gasteiger partial charge in [-0.15, -0.1) is 0 Å². The van der Waals surface area contributed by atoms with Crippen LogP contribution >= 0.6 is 11.6 Å². The second kappa shape index (κ2) is 10.8. The first-order valence-electron chi connectivity index (χ1n) is 15.0. The highest BCUT2D eigenvalue weighted by Gasteiger charge is 2.42. The quantitative estimate of drug-likeness (QED) is 0.348. The van der Waals surface area contributed by atoms with Gasteiger partial charge in [-0.3, -0.25) is 19.3 Å². The number of aromatic nitrogens is 6. The Bertz CT molecular complexity index is 1690. The summed E-state index contributed by atoms with van der Waals surface area (Å²) in [6, 6.07) is 4.11. The van der Waals surface area contributed by atoms with Gasteiger partial charge in [-0.05, 0) is 56.1 Å². The van der Waals surface area contributed by atoms with Crippen molar-refractivity contribution in [1.29, 1.82) is 0 Å². The molecule has 0 radical (unpaired) electrons. The van der Waals surface area contributed by atoms with Crippen LogP contribution < -0.4 is 10.7 Å². The summed E-state index contributed by atoms with van der Waals surface area (Å²) in [6.45, 7) is 6.24. The van der Waals surface area contributed by atoms with Crippen molar-refractivity contribution in [2.45, 2.75) is 77.4 Å². The number of piperazine rings is 1. The molecule has 1 aliphatic heterocycles. The third-order valence-corrected chi connectivity index (χ3v) is 9.64. The van der Waals surface area contributed by atoms with E-state index in [4.69, 9.17) is 26.1 Å². The molecular weight excluding hydrogens is 556 g/mol. The number of fused-ring (bicyclic) bond motifs is 2. The summed E-state index contributed by atoms with van der Waals surface area (Å²) in [5.41, 5.74) is 3.54. The fourth-order valence-corrected chi connectivity index (χ4v) is 7.52. The Morgan fingerprint density at radius 3 is 2.62 bits per heavy atom. The third-order valence-electron chi connectivity index (χ3n) is 9.43. The zero-order valence-electron chi connectivity index (χ0n) is 23.9. The monoisotopic (exact) mass is 590 g/mol. The van der Waals surface area contributed by atoms with Crippen molar-refractivity contribution in [3.63, 3.8) is 0 Å². The Morgan fingerprint density at radius 1 is 1.07 bits per heavy atom. The van der Waals surface area contributed by atoms with Gasteiger partial charge in [-0.25, -0.2) is 14.8 Å². The zero-order valence-corrected chi connectivity index (χ0v) is 24.7. The van der Waals surface area contributed by atoms with Crippen LogP contribution in [0, 0.1) is 11.8 Å². The number of aromatic amines is 1. The minimum atomic E-state index is -0.647. The molecule has 0 aromatic carbocycles. The van der Waals surface area contributed by atoms with Crippen molar-refractivity contribution >= 4 is 34.5 Å². The molecule has 12 heteroatoms. The molecule has 1 amide bonds. The number of rotatable bonds is 5. The van der Waals surface area contributed by atoms with Crippen molar-refractivity contribution in [1.82, 2.24) is 34.6 Å². The number of imidazole rings is 1. The molecule has 4 aromatic rings. The van der Waals surface area contributed by atoms with Crippen LogP contribution in [0.1, 0.15) is 58.8 Å². The van der Waals surface area contributed by atoms with Gasteiger partial charge >= 0.3 is 5.76 Å². The number of pyridine rings is 2. The smallest absolute Gasteiger partial charge is 0.336 e. The molecular formula is C30H35ClN8O3. The van der Waals surface area contributed by atoms with Gasteiger partial charge in [0.1, 0.15) is 5.69 Å². The lowest BCUT2D eigenvalue weighted by Gasteiger charge is -2.45. The highest BCUT2D eigenvalue weighted by Crippen LogP contribution is 2.40. The molecule has 0 spiro atoms. The first-order valence-corrected chi connectivity index (χ1v) is 15.4. The maximum absolute atomic E-state index is 12.5. The minimum absolute atomic E-state index is 0.141. The molecule has 7 rings (SSSR count). The topological polar surface area (TPSA) is 126 Å². The molecule has 1 saturated heterocycles. The molecule has 5 heterocycles. The van der Waals surface area contributed by atoms with Crippen molar-refractivity contribution in [3.05, 3.63) is 40.1 Å². The van der Waals surface area contributed by atoms with Crippen LogP contribution in [-0.4, -0.2) is 65.6 Å². The van der Waals surface area contributed by atoms with Gasteiger partial charge in [0.15, 0.2) is 0 Å². The van der Waals surface area contributed by atoms with Gasteiger partial charge in [0.05, 0.1) is 33.8 Å². The van der Waals surface area contributed by atoms with Gasteiger partial charge in [0.25, 0.3) is 0 Å². The van der Waals surface area contributed by atoms with Crippen molar-refractivity contribution < 1.29 is 9.32 Å². The molecule has 0 bridgehead atoms. The van der Waals surface area contributed by atoms with E-state index >= 15 is 0 Å². The average Bonchev–Trinajstić information content (AvgIpc) is 3.72. The van der Waals surface area contributed by atoms with E-state index in [0.29, 0.717) is 28.9 Å². The molecule has 4 aromatic heterocycles. The first kappa shape index (κ1) is 27.1. The fraction of sp³-hybridized carbons (Fsp3) is 0.533. The van der Waals surface area contributed by atoms with E-state index in [-0.39, 0.29) is 23.8 Å². The number of nitrogens with one attached hydrogen (secondary N) is 1. The first-order chi connectivity index (χ1) is 20.4. The van der Waals surface area contributed by atoms with Gasteiger partial charge in [-0.2, -0.15) is 0 Å². The van der Waals surface area contributed by atoms with Crippen LogP contribution in [-0.2, 0) is 11.3 Å². The second-order valence-electron chi connectivity index (χ2n) is 12.2. The SMILES string of the molecule is CC(=O)N1CCN(c2nc3cc(-c4noc(=O)[nH]4)nc(-c4cncc(Cl)c4)c3n2C[C@H]2CC[C@H](C)CC2)[C@@H]2CCC[C@H]21. The largest absolute Gasteiger partial charge is 0.439 e. The van der Waals surface area contributed by atoms with Crippen LogP contribution in [0.2, 0.25) is 5.02 Å². The highest BCUT2D eigenvalue weighted by atomic mass is 35.5. The van der Waals surface area contributed by atoms with Gasteiger partial charge in [-0.1, -0.05) is 36.5 Å². The molecule has 11 nitrogen and oxygen atoms in total. The molecule has 1 N–H and O–H groups in total. The second-order valence-corrected chi connectivity index (χ2v) is 12.6. The number of anilines is 1. The Kier molecular flexibility index (Phi) is 7.00. The van der Waals surface area contributed by atoms with E-state index in [0.717, 1.165) is 60.8 Å². The predicted octanol–water partition coefficient (Wildman–Crippen LogP) is 4.91. The standard InChI is InChI=1S/C30H35ClN8O3/c1-17-6-8-19(9-7-17)16-39-27-22(34-29(39)38-11-10-37(18(2)40)24-4-3-5-25(24)38)13-23(28-35-30(41)42-36-28)33-26(27)20-12-21(31)15-32-14-20/h12-15,17,19,24-25H,3-11,16H2,1-2H3,(H,35,36,41)/t17-,19-,24-,25-/m1/s1. The number of H-pyrrole nitrogens is 1.